The molecule has 0 radical (unpaired) electrons. The molecule has 0 aliphatic carbocycles. The summed E-state index contributed by atoms with van der Waals surface area (Å²) < 4.78 is 1.38. The average molecular weight is 288 g/mol. The third-order valence-electron chi connectivity index (χ3n) is 3.26. The Kier molecular flexibility index (Phi) is 4.86. The summed E-state index contributed by atoms with van der Waals surface area (Å²) in [4.78, 5) is 22.6. The van der Waals surface area contributed by atoms with E-state index in [0.717, 1.165) is 18.8 Å². The van der Waals surface area contributed by atoms with E-state index in [1.165, 1.54) is 4.68 Å². The second-order valence-corrected chi connectivity index (χ2v) is 4.52. The first kappa shape index (κ1) is 15.0. The first-order valence-corrected chi connectivity index (χ1v) is 6.98. The highest BCUT2D eigenvalue weighted by Gasteiger charge is 2.06. The lowest BCUT2D eigenvalue weighted by atomic mass is 10.3. The van der Waals surface area contributed by atoms with Crippen molar-refractivity contribution in [1.29, 1.82) is 0 Å². The molecule has 7 nitrogen and oxygen atoms in total. The second-order valence-electron chi connectivity index (χ2n) is 4.52. The van der Waals surface area contributed by atoms with Crippen LogP contribution >= 0.6 is 0 Å². The fraction of sp³-hybridized carbons (Fsp3) is 0.429. The summed E-state index contributed by atoms with van der Waals surface area (Å²) >= 11 is 0. The van der Waals surface area contributed by atoms with Gasteiger partial charge in [0.1, 0.15) is 5.82 Å². The predicted octanol–water partition coefficient (Wildman–Crippen LogP) is 0.969. The highest BCUT2D eigenvalue weighted by Crippen LogP contribution is 2.08. The second kappa shape index (κ2) is 6.83. The molecule has 0 atom stereocenters. The lowest BCUT2D eigenvalue weighted by molar-refractivity contribution is 0.623. The third kappa shape index (κ3) is 3.56. The molecule has 21 heavy (non-hydrogen) atoms. The van der Waals surface area contributed by atoms with Crippen molar-refractivity contribution in [2.24, 2.45) is 0 Å². The zero-order valence-electron chi connectivity index (χ0n) is 12.6. The molecule has 2 aromatic rings. The SMILES string of the molecule is CCN(CC)c1cnn(Cc2cnc(NC)cn2)c(=O)c1. The Hall–Kier alpha value is -2.44. The summed E-state index contributed by atoms with van der Waals surface area (Å²) in [5.74, 6) is 0.691. The Labute approximate surface area is 123 Å². The van der Waals surface area contributed by atoms with E-state index >= 15 is 0 Å². The number of rotatable bonds is 6. The number of hydrogen-bond donors (Lipinski definition) is 1. The Morgan fingerprint density at radius 2 is 1.95 bits per heavy atom. The maximum atomic E-state index is 12.1. The summed E-state index contributed by atoms with van der Waals surface area (Å²) in [6, 6.07) is 1.61. The molecule has 1 N–H and O–H groups in total. The summed E-state index contributed by atoms with van der Waals surface area (Å²) in [7, 11) is 1.78. The van der Waals surface area contributed by atoms with Crippen molar-refractivity contribution in [2.75, 3.05) is 30.4 Å². The summed E-state index contributed by atoms with van der Waals surface area (Å²) in [5.41, 5.74) is 1.40. The van der Waals surface area contributed by atoms with Gasteiger partial charge in [0, 0.05) is 26.2 Å². The first-order valence-electron chi connectivity index (χ1n) is 6.98. The van der Waals surface area contributed by atoms with Crippen molar-refractivity contribution in [3.63, 3.8) is 0 Å². The van der Waals surface area contributed by atoms with Crippen molar-refractivity contribution in [2.45, 2.75) is 20.4 Å². The van der Waals surface area contributed by atoms with Crippen molar-refractivity contribution in [1.82, 2.24) is 19.7 Å². The van der Waals surface area contributed by atoms with Gasteiger partial charge in [0.25, 0.3) is 5.56 Å². The lowest BCUT2D eigenvalue weighted by Crippen LogP contribution is -2.28. The van der Waals surface area contributed by atoms with Crippen LogP contribution in [0.15, 0.2) is 29.5 Å². The topological polar surface area (TPSA) is 75.9 Å². The molecule has 0 aromatic carbocycles. The minimum atomic E-state index is -0.140. The molecule has 2 heterocycles. The van der Waals surface area contributed by atoms with Crippen LogP contribution < -0.4 is 15.8 Å². The van der Waals surface area contributed by atoms with E-state index in [1.54, 1.807) is 31.7 Å². The van der Waals surface area contributed by atoms with E-state index < -0.39 is 0 Å². The molecule has 0 fully saturated rings. The molecule has 2 rings (SSSR count). The fourth-order valence-corrected chi connectivity index (χ4v) is 2.02. The van der Waals surface area contributed by atoms with Crippen LogP contribution in [0.25, 0.3) is 0 Å². The largest absolute Gasteiger partial charge is 0.372 e. The molecule has 112 valence electrons. The molecule has 0 aliphatic heterocycles. The maximum absolute atomic E-state index is 12.1. The van der Waals surface area contributed by atoms with E-state index in [1.807, 2.05) is 13.8 Å². The number of hydrogen-bond acceptors (Lipinski definition) is 6. The Balaban J connectivity index is 2.19. The standard InChI is InChI=1S/C14H20N6O/c1-4-19(5-2)12-6-14(21)20(18-8-12)10-11-7-17-13(15-3)9-16-11/h6-9H,4-5,10H2,1-3H3,(H,15,17). The van der Waals surface area contributed by atoms with E-state index in [0.29, 0.717) is 18.1 Å². The van der Waals surface area contributed by atoms with Gasteiger partial charge in [-0.1, -0.05) is 0 Å². The Morgan fingerprint density at radius 1 is 1.19 bits per heavy atom. The minimum Gasteiger partial charge on any atom is -0.372 e. The molecular formula is C14H20N6O. The van der Waals surface area contributed by atoms with E-state index in [4.69, 9.17) is 0 Å². The van der Waals surface area contributed by atoms with Gasteiger partial charge in [-0.25, -0.2) is 9.67 Å². The van der Waals surface area contributed by atoms with Crippen molar-refractivity contribution in [3.8, 4) is 0 Å². The normalized spacial score (nSPS) is 10.4. The van der Waals surface area contributed by atoms with E-state index in [2.05, 4.69) is 25.3 Å². The van der Waals surface area contributed by atoms with Gasteiger partial charge in [-0.3, -0.25) is 9.78 Å². The average Bonchev–Trinajstić information content (AvgIpc) is 2.52. The van der Waals surface area contributed by atoms with Crippen LogP contribution in [0.5, 0.6) is 0 Å². The van der Waals surface area contributed by atoms with Crippen molar-refractivity contribution < 1.29 is 0 Å². The fourth-order valence-electron chi connectivity index (χ4n) is 2.02. The molecule has 0 saturated carbocycles. The first-order chi connectivity index (χ1) is 10.2. The van der Waals surface area contributed by atoms with Gasteiger partial charge in [-0.05, 0) is 13.8 Å². The van der Waals surface area contributed by atoms with E-state index in [-0.39, 0.29) is 5.56 Å². The van der Waals surface area contributed by atoms with Crippen molar-refractivity contribution in [3.05, 3.63) is 40.7 Å². The zero-order chi connectivity index (χ0) is 15.2. The number of aromatic nitrogens is 4. The van der Waals surface area contributed by atoms with Gasteiger partial charge in [0.2, 0.25) is 0 Å². The smallest absolute Gasteiger partial charge is 0.269 e. The van der Waals surface area contributed by atoms with Gasteiger partial charge in [0.05, 0.1) is 36.5 Å². The lowest BCUT2D eigenvalue weighted by Gasteiger charge is -2.20. The summed E-state index contributed by atoms with van der Waals surface area (Å²) in [5, 5.41) is 7.11. The van der Waals surface area contributed by atoms with Gasteiger partial charge in [-0.15, -0.1) is 0 Å². The van der Waals surface area contributed by atoms with Crippen LogP contribution in [-0.2, 0) is 6.54 Å². The van der Waals surface area contributed by atoms with Crippen LogP contribution in [0.4, 0.5) is 11.5 Å². The molecule has 0 unspecified atom stereocenters. The highest BCUT2D eigenvalue weighted by molar-refractivity contribution is 5.42. The van der Waals surface area contributed by atoms with Gasteiger partial charge < -0.3 is 10.2 Å². The maximum Gasteiger partial charge on any atom is 0.269 e. The zero-order valence-corrected chi connectivity index (χ0v) is 12.6. The molecule has 7 heteroatoms. The number of anilines is 2. The Morgan fingerprint density at radius 3 is 2.48 bits per heavy atom. The van der Waals surface area contributed by atoms with Crippen LogP contribution in [-0.4, -0.2) is 39.9 Å². The van der Waals surface area contributed by atoms with Crippen LogP contribution in [0.2, 0.25) is 0 Å². The molecule has 0 spiro atoms. The Bertz CT molecular complexity index is 633. The van der Waals surface area contributed by atoms with Crippen molar-refractivity contribution >= 4 is 11.5 Å². The highest BCUT2D eigenvalue weighted by atomic mass is 16.1. The summed E-state index contributed by atoms with van der Waals surface area (Å²) in [6.45, 7) is 6.10. The van der Waals surface area contributed by atoms with Gasteiger partial charge in [0.15, 0.2) is 0 Å². The number of nitrogens with one attached hydrogen (secondary N) is 1. The summed E-state index contributed by atoms with van der Waals surface area (Å²) in [6.07, 6.45) is 4.98. The van der Waals surface area contributed by atoms with Crippen LogP contribution in [0.1, 0.15) is 19.5 Å². The van der Waals surface area contributed by atoms with Crippen LogP contribution in [0, 0.1) is 0 Å². The molecular weight excluding hydrogens is 268 g/mol. The molecule has 0 saturated heterocycles. The molecule has 2 aromatic heterocycles. The monoisotopic (exact) mass is 288 g/mol. The number of nitrogens with zero attached hydrogens (tertiary/aromatic N) is 5. The van der Waals surface area contributed by atoms with E-state index in [9.17, 15) is 4.79 Å². The molecule has 0 bridgehead atoms. The van der Waals surface area contributed by atoms with Gasteiger partial charge >= 0.3 is 0 Å². The quantitative estimate of drug-likeness (QED) is 0.853. The predicted molar refractivity (Wildman–Crippen MR) is 82.7 cm³/mol. The van der Waals surface area contributed by atoms with Gasteiger partial charge in [-0.2, -0.15) is 5.10 Å². The van der Waals surface area contributed by atoms with Crippen LogP contribution in [0.3, 0.4) is 0 Å². The molecule has 0 aliphatic rings. The molecule has 0 amide bonds. The minimum absolute atomic E-state index is 0.140. The third-order valence-corrected chi connectivity index (χ3v) is 3.26.